The zero-order valence-corrected chi connectivity index (χ0v) is 13.4. The van der Waals surface area contributed by atoms with Crippen molar-refractivity contribution in [3.05, 3.63) is 0 Å². The van der Waals surface area contributed by atoms with Crippen molar-refractivity contribution >= 4 is 23.9 Å². The number of esters is 3. The van der Waals surface area contributed by atoms with E-state index < -0.39 is 23.9 Å². The Labute approximate surface area is 133 Å². The van der Waals surface area contributed by atoms with Crippen LogP contribution in [0.3, 0.4) is 0 Å². The second kappa shape index (κ2) is 11.4. The van der Waals surface area contributed by atoms with Gasteiger partial charge in [0, 0.05) is 13.1 Å². The molecule has 0 bridgehead atoms. The first kappa shape index (κ1) is 20.8. The van der Waals surface area contributed by atoms with Gasteiger partial charge in [0.05, 0.1) is 47.5 Å². The third-order valence-electron chi connectivity index (χ3n) is 2.83. The van der Waals surface area contributed by atoms with Gasteiger partial charge in [0.15, 0.2) is 0 Å². The first-order valence-electron chi connectivity index (χ1n) is 6.69. The molecule has 132 valence electrons. The van der Waals surface area contributed by atoms with Crippen LogP contribution in [0.4, 0.5) is 0 Å². The van der Waals surface area contributed by atoms with E-state index in [1.807, 2.05) is 0 Å². The molecule has 0 aromatic carbocycles. The number of carboxylic acids is 1. The van der Waals surface area contributed by atoms with Crippen LogP contribution in [-0.2, 0) is 33.4 Å². The number of carbonyl (C=O) groups excluding carboxylic acids is 3. The number of ether oxygens (including phenoxy) is 3. The predicted octanol–water partition coefficient (Wildman–Crippen LogP) is -1.81. The highest BCUT2D eigenvalue weighted by Crippen LogP contribution is 1.96. The van der Waals surface area contributed by atoms with Gasteiger partial charge in [-0.15, -0.1) is 0 Å². The summed E-state index contributed by atoms with van der Waals surface area (Å²) in [6.45, 7) is -0.619. The quantitative estimate of drug-likeness (QED) is 0.342. The zero-order valence-electron chi connectivity index (χ0n) is 13.4. The number of hydrogen-bond acceptors (Lipinski definition) is 9. The highest BCUT2D eigenvalue weighted by atomic mass is 16.5. The Morgan fingerprint density at radius 3 is 1.26 bits per heavy atom. The molecule has 0 fully saturated rings. The molecule has 0 saturated heterocycles. The number of carboxylic acid groups (broad SMARTS) is 1. The molecule has 0 heterocycles. The maximum atomic E-state index is 11.3. The molecule has 0 aliphatic heterocycles. The minimum Gasteiger partial charge on any atom is -0.480 e. The number of nitrogens with zero attached hydrogens (tertiary/aromatic N) is 2. The van der Waals surface area contributed by atoms with Crippen LogP contribution in [0.25, 0.3) is 0 Å². The van der Waals surface area contributed by atoms with Crippen molar-refractivity contribution in [2.24, 2.45) is 0 Å². The minimum absolute atomic E-state index is 0.134. The lowest BCUT2D eigenvalue weighted by Gasteiger charge is -2.24. The molecule has 0 aliphatic carbocycles. The van der Waals surface area contributed by atoms with Crippen LogP contribution in [0.2, 0.25) is 0 Å². The van der Waals surface area contributed by atoms with Crippen LogP contribution in [0.5, 0.6) is 0 Å². The average molecular weight is 334 g/mol. The molecule has 0 aromatic rings. The fraction of sp³-hybridized carbons (Fsp3) is 0.692. The number of hydrogen-bond donors (Lipinski definition) is 1. The van der Waals surface area contributed by atoms with Gasteiger partial charge < -0.3 is 19.3 Å². The lowest BCUT2D eigenvalue weighted by molar-refractivity contribution is -0.148. The molecule has 0 saturated carbocycles. The summed E-state index contributed by atoms with van der Waals surface area (Å²) < 4.78 is 13.6. The Hall–Kier alpha value is -2.20. The monoisotopic (exact) mass is 334 g/mol. The molecule has 1 N–H and O–H groups in total. The molecule has 23 heavy (non-hydrogen) atoms. The molecule has 0 spiro atoms. The fourth-order valence-electron chi connectivity index (χ4n) is 1.64. The second-order valence-electron chi connectivity index (χ2n) is 4.54. The van der Waals surface area contributed by atoms with Gasteiger partial charge in [0.1, 0.15) is 0 Å². The number of rotatable bonds is 11. The summed E-state index contributed by atoms with van der Waals surface area (Å²) in [5.41, 5.74) is 0. The average Bonchev–Trinajstić information content (AvgIpc) is 2.51. The van der Waals surface area contributed by atoms with Crippen molar-refractivity contribution in [3.8, 4) is 0 Å². The molecule has 10 heteroatoms. The summed E-state index contributed by atoms with van der Waals surface area (Å²) in [5, 5.41) is 8.85. The van der Waals surface area contributed by atoms with Gasteiger partial charge >= 0.3 is 23.9 Å². The lowest BCUT2D eigenvalue weighted by atomic mass is 10.4. The van der Waals surface area contributed by atoms with Crippen LogP contribution in [-0.4, -0.2) is 99.4 Å². The highest BCUT2D eigenvalue weighted by Gasteiger charge is 2.19. The summed E-state index contributed by atoms with van der Waals surface area (Å²) in [7, 11) is 3.63. The largest absolute Gasteiger partial charge is 0.480 e. The molecule has 0 radical (unpaired) electrons. The topological polar surface area (TPSA) is 123 Å². The van der Waals surface area contributed by atoms with E-state index in [1.54, 1.807) is 0 Å². The normalized spacial score (nSPS) is 10.5. The van der Waals surface area contributed by atoms with Crippen LogP contribution in [0.15, 0.2) is 0 Å². The molecular formula is C13H22N2O8. The molecule has 0 rings (SSSR count). The highest BCUT2D eigenvalue weighted by molar-refractivity contribution is 5.75. The number of carbonyl (C=O) groups is 4. The van der Waals surface area contributed by atoms with Gasteiger partial charge in [0.2, 0.25) is 0 Å². The maximum absolute atomic E-state index is 11.3. The van der Waals surface area contributed by atoms with Crippen LogP contribution >= 0.6 is 0 Å². The maximum Gasteiger partial charge on any atom is 0.319 e. The van der Waals surface area contributed by atoms with Gasteiger partial charge in [-0.1, -0.05) is 0 Å². The summed E-state index contributed by atoms with van der Waals surface area (Å²) >= 11 is 0. The second-order valence-corrected chi connectivity index (χ2v) is 4.54. The van der Waals surface area contributed by atoms with Crippen molar-refractivity contribution in [1.82, 2.24) is 9.80 Å². The SMILES string of the molecule is COC(=O)CN(CCN(CC(=O)OC)CC(=O)OC)CC(=O)O. The molecular weight excluding hydrogens is 312 g/mol. The van der Waals surface area contributed by atoms with E-state index in [4.69, 9.17) is 5.11 Å². The van der Waals surface area contributed by atoms with Crippen molar-refractivity contribution < 1.29 is 38.5 Å². The van der Waals surface area contributed by atoms with Gasteiger partial charge in [0.25, 0.3) is 0 Å². The minimum atomic E-state index is -1.11. The smallest absolute Gasteiger partial charge is 0.319 e. The van der Waals surface area contributed by atoms with Gasteiger partial charge in [-0.05, 0) is 0 Å². The van der Waals surface area contributed by atoms with Crippen molar-refractivity contribution in [2.75, 3.05) is 60.6 Å². The Kier molecular flexibility index (Phi) is 10.3. The third-order valence-corrected chi connectivity index (χ3v) is 2.83. The summed E-state index contributed by atoms with van der Waals surface area (Å²) in [4.78, 5) is 47.5. The van der Waals surface area contributed by atoms with Gasteiger partial charge in [-0.3, -0.25) is 29.0 Å². The van der Waals surface area contributed by atoms with Gasteiger partial charge in [-0.2, -0.15) is 0 Å². The van der Waals surface area contributed by atoms with E-state index in [2.05, 4.69) is 14.2 Å². The first-order valence-corrected chi connectivity index (χ1v) is 6.69. The molecule has 0 unspecified atom stereocenters. The summed E-state index contributed by atoms with van der Waals surface area (Å²) in [6.07, 6.45) is 0. The molecule has 0 aromatic heterocycles. The van der Waals surface area contributed by atoms with E-state index in [9.17, 15) is 19.2 Å². The molecule has 0 amide bonds. The number of aliphatic carboxylic acids is 1. The van der Waals surface area contributed by atoms with Crippen molar-refractivity contribution in [2.45, 2.75) is 0 Å². The summed E-state index contributed by atoms with van der Waals surface area (Å²) in [5.74, 6) is -2.79. The van der Waals surface area contributed by atoms with E-state index >= 15 is 0 Å². The zero-order chi connectivity index (χ0) is 17.8. The van der Waals surface area contributed by atoms with E-state index in [1.165, 1.54) is 31.1 Å². The Balaban J connectivity index is 4.70. The summed E-state index contributed by atoms with van der Waals surface area (Å²) in [6, 6.07) is 0. The van der Waals surface area contributed by atoms with Crippen molar-refractivity contribution in [1.29, 1.82) is 0 Å². The lowest BCUT2D eigenvalue weighted by Crippen LogP contribution is -2.43. The third kappa shape index (κ3) is 10.2. The van der Waals surface area contributed by atoms with E-state index in [0.717, 1.165) is 0 Å². The Morgan fingerprint density at radius 1 is 0.696 bits per heavy atom. The first-order chi connectivity index (χ1) is 10.8. The fourth-order valence-corrected chi connectivity index (χ4v) is 1.64. The van der Waals surface area contributed by atoms with Gasteiger partial charge in [-0.25, -0.2) is 0 Å². The Bertz CT molecular complexity index is 408. The van der Waals surface area contributed by atoms with Crippen LogP contribution in [0.1, 0.15) is 0 Å². The van der Waals surface area contributed by atoms with E-state index in [0.29, 0.717) is 0 Å². The standard InChI is InChI=1S/C13H22N2O8/c1-21-11(18)7-14(6-10(16)17)4-5-15(8-12(19)22-2)9-13(20)23-3/h4-9H2,1-3H3,(H,16,17). The molecule has 0 aliphatic rings. The van der Waals surface area contributed by atoms with Crippen molar-refractivity contribution in [3.63, 3.8) is 0 Å². The Morgan fingerprint density at radius 2 is 1.00 bits per heavy atom. The predicted molar refractivity (Wildman–Crippen MR) is 76.6 cm³/mol. The molecule has 0 atom stereocenters. The van der Waals surface area contributed by atoms with Crippen LogP contribution in [0, 0.1) is 0 Å². The van der Waals surface area contributed by atoms with Crippen LogP contribution < -0.4 is 0 Å². The van der Waals surface area contributed by atoms with E-state index in [-0.39, 0.29) is 39.3 Å². The number of methoxy groups -OCH3 is 3. The molecule has 10 nitrogen and oxygen atoms in total.